The van der Waals surface area contributed by atoms with E-state index in [-0.39, 0.29) is 1290 Å². The van der Waals surface area contributed by atoms with Gasteiger partial charge in [0.05, 0.1) is 0 Å². The summed E-state index contributed by atoms with van der Waals surface area (Å²) in [4.78, 5) is 0. The van der Waals surface area contributed by atoms with Crippen LogP contribution in [0.15, 0.2) is 0 Å². The predicted molar refractivity (Wildman–Crippen MR) is 339 cm³/mol. The van der Waals surface area contributed by atoms with Crippen LogP contribution in [-0.4, -0.2) is 13.4 Å². The summed E-state index contributed by atoms with van der Waals surface area (Å²) in [7, 11) is 0. The summed E-state index contributed by atoms with van der Waals surface area (Å²) in [5.41, 5.74) is 10.6. The summed E-state index contributed by atoms with van der Waals surface area (Å²) >= 11 is 0. The second-order valence-corrected chi connectivity index (χ2v) is 8.30. The molecule has 99 heavy (non-hydrogen) atoms. The van der Waals surface area contributed by atoms with E-state index in [1.54, 1.807) is 33.2 Å². The fourth-order valence-electron chi connectivity index (χ4n) is 5.25. The van der Waals surface area contributed by atoms with Crippen molar-refractivity contribution in [2.45, 2.75) is 247 Å². The Bertz CT molecular complexity index is 626. The zero-order chi connectivity index (χ0) is 39.9. The molecule has 0 nitrogen and oxygen atoms in total. The van der Waals surface area contributed by atoms with Gasteiger partial charge in [-0.3, -0.25) is 0 Å². The van der Waals surface area contributed by atoms with Crippen LogP contribution < -0.4 is 10.9 Å². The Labute approximate surface area is 1550 Å². The van der Waals surface area contributed by atoms with E-state index in [2.05, 4.69) is 80.7 Å². The quantitative estimate of drug-likeness (QED) is 0.179. The van der Waals surface area contributed by atoms with Gasteiger partial charge in [0.1, 0.15) is 0 Å². The standard InChI is InChI=1S/C18H20B2.4C3H6.8C2H6.8CH4.7CH3.36Y/c1-5-13-14-6-3-11-20-12-4-8-16(18(14)20)15-7-2-10-19(9-1)17(13)15;4*1-3-2;8*1-2;;;;;;;;;;;;;;;;;;;;;;;;;;;;;;;;;;;;;;;;;;;;;;;;;;;/h9-12H,1-8H2;4*1-3H2;8*1-2H3;8*1H4;7*1H3;;;;;;;;;;;;;;;;;;;;;;;;;;;;;;;;;;;;/q-4;4*-2;;;;;;;;;;;;;;;;;7*-1;;;;;;;;;;;;;;;;;;;;;;;;;;;;;;;;;;3*+3. The Morgan fingerprint density at radius 3 is 0.323 bits per heavy atom. The van der Waals surface area contributed by atoms with Gasteiger partial charge in [0.15, 0.2) is 0 Å². The minimum atomic E-state index is 0. The molecule has 0 N–H and O–H groups in total. The molecule has 33 radical (unpaired) electrons. The molecule has 0 saturated heterocycles. The zero-order valence-electron chi connectivity index (χ0n) is 64.4. The van der Waals surface area contributed by atoms with E-state index in [1.165, 1.54) is 51.4 Å². The molecule has 0 fully saturated rings. The second-order valence-electron chi connectivity index (χ2n) is 8.30. The van der Waals surface area contributed by atoms with Crippen molar-refractivity contribution in [2.75, 3.05) is 0 Å². The monoisotopic (exact) mass is 4100 g/mol. The van der Waals surface area contributed by atoms with Crippen molar-refractivity contribution in [3.63, 3.8) is 0 Å². The maximum Gasteiger partial charge on any atom is 3.00 e. The maximum absolute atomic E-state index is 3.38. The van der Waals surface area contributed by atoms with E-state index >= 15 is 0 Å². The summed E-state index contributed by atoms with van der Waals surface area (Å²) in [5, 5.41) is 0. The third-order valence-electron chi connectivity index (χ3n) is 5.96. The largest absolute Gasteiger partial charge is 3.00 e. The first-order valence-corrected chi connectivity index (χ1v) is 20.5. The topological polar surface area (TPSA) is 0 Å². The molecule has 4 aliphatic heterocycles. The minimum absolute atomic E-state index is 0. The first kappa shape index (κ1) is 415. The summed E-state index contributed by atoms with van der Waals surface area (Å²) in [5.74, 6) is 0. The molecule has 513 valence electrons. The molecule has 5 rings (SSSR count). The molecule has 0 unspecified atom stereocenters. The van der Waals surface area contributed by atoms with Crippen LogP contribution in [0.2, 0.25) is 0 Å². The molecule has 1 aromatic carbocycles. The molecule has 0 spiro atoms. The van der Waals surface area contributed by atoms with Gasteiger partial charge in [0.25, 0.3) is 0 Å². The van der Waals surface area contributed by atoms with Crippen molar-refractivity contribution < 1.29 is 1180 Å². The van der Waals surface area contributed by atoms with Crippen LogP contribution in [-0.2, 0) is 1200 Å². The smallest absolute Gasteiger partial charge is 0.372 e. The predicted octanol–water partition coefficient (Wildman–Crippen LogP) is 22.4. The van der Waals surface area contributed by atoms with Gasteiger partial charge in [0, 0.05) is 1080 Å². The first-order valence-electron chi connectivity index (χ1n) is 20.5. The Balaban J connectivity index is -0.00000000330. The van der Waals surface area contributed by atoms with Crippen molar-refractivity contribution >= 4 is 24.4 Å². The van der Waals surface area contributed by atoms with E-state index < -0.39 is 0 Å². The molecular formula is C61H145B2Y36-10. The van der Waals surface area contributed by atoms with Crippen LogP contribution in [0.1, 0.15) is 244 Å². The molecule has 4 aliphatic rings. The van der Waals surface area contributed by atoms with Gasteiger partial charge in [0.2, 0.25) is 0 Å². The van der Waals surface area contributed by atoms with Crippen molar-refractivity contribution in [3.8, 4) is 0 Å². The SMILES string of the molecule is C.C.C.C.C.C.C.C.CC.CC.CC.CC.CC.CC.CC.CC.[CH-]1CCc2c3c4c(c5c2B1[CH-]CC5)CC[CH-]B4[CH-]CC3.[CH2-]C[CH2-].[CH2-]C[CH2-].[CH2-]C[CH2-].[CH2-]C[CH2-].[CH3-].[CH3-].[CH3-].[CH3-].[CH3-].[CH3-].[CH3-].[Y+3].[Y+3].[Y+3].[Y].[Y].[Y].[Y].[Y].[Y].[Y].[Y].[Y].[Y].[Y].[Y].[Y].[Y].[Y].[Y].[Y].[Y].[Y].[Y].[Y].[Y].[Y].[Y].[Y].[Y].[Y].[Y].[Y].[Y].[Y].[Y].[Y]. The minimum Gasteiger partial charge on any atom is -0.372 e. The normalized spacial score (nSPS) is 5.94. The molecule has 0 amide bonds. The van der Waals surface area contributed by atoms with Crippen LogP contribution in [0, 0.1) is 133 Å². The Kier molecular flexibility index (Phi) is 1700. The van der Waals surface area contributed by atoms with Gasteiger partial charge in [-0.25, -0.2) is 0 Å². The number of rotatable bonds is 0. The Morgan fingerprint density at radius 1 is 0.202 bits per heavy atom. The third kappa shape index (κ3) is 277. The van der Waals surface area contributed by atoms with Crippen LogP contribution in [0.25, 0.3) is 0 Å². The van der Waals surface area contributed by atoms with Crippen LogP contribution in [0.4, 0.5) is 0 Å². The van der Waals surface area contributed by atoms with E-state index in [9.17, 15) is 0 Å². The number of fused-ring (bicyclic) bond motifs is 2. The number of benzene rings is 1. The van der Waals surface area contributed by atoms with Crippen LogP contribution >= 0.6 is 0 Å². The van der Waals surface area contributed by atoms with Gasteiger partial charge in [-0.1, -0.05) is 218 Å². The fourth-order valence-corrected chi connectivity index (χ4v) is 5.25. The molecule has 0 aromatic heterocycles. The molecule has 38 heteroatoms. The Morgan fingerprint density at radius 2 is 0.263 bits per heavy atom. The van der Waals surface area contributed by atoms with Crippen molar-refractivity contribution in [3.05, 3.63) is 155 Å². The van der Waals surface area contributed by atoms with Gasteiger partial charge >= 0.3 is 98.1 Å². The molecule has 0 atom stereocenters. The first-order chi connectivity index (χ1) is 23.6. The zero-order valence-corrected chi connectivity index (χ0v) is 167. The summed E-state index contributed by atoms with van der Waals surface area (Å²) < 4.78 is 0. The molecule has 0 saturated carbocycles. The molecule has 4 heterocycles. The van der Waals surface area contributed by atoms with Crippen LogP contribution in [0.3, 0.4) is 0 Å². The average molecular weight is 4100 g/mol. The average Bonchev–Trinajstić information content (AvgIpc) is 3.18. The van der Waals surface area contributed by atoms with E-state index in [0.29, 0.717) is 13.4 Å². The van der Waals surface area contributed by atoms with Crippen molar-refractivity contribution in [1.82, 2.24) is 0 Å². The molecular weight excluding hydrogens is 3950 g/mol. The van der Waals surface area contributed by atoms with Gasteiger partial charge in [-0.15, -0.1) is 10.9 Å². The maximum atomic E-state index is 3.38. The summed E-state index contributed by atoms with van der Waals surface area (Å²) in [6.45, 7) is 60.4. The van der Waals surface area contributed by atoms with E-state index in [4.69, 9.17) is 0 Å². The number of hydrogen-bond acceptors (Lipinski definition) is 0. The van der Waals surface area contributed by atoms with Crippen molar-refractivity contribution in [1.29, 1.82) is 0 Å². The van der Waals surface area contributed by atoms with E-state index in [1.807, 2.05) is 111 Å². The van der Waals surface area contributed by atoms with Gasteiger partial charge < -0.3 is 158 Å². The number of hydrogen-bond donors (Lipinski definition) is 0. The summed E-state index contributed by atoms with van der Waals surface area (Å²) in [6, 6.07) is 0. The van der Waals surface area contributed by atoms with Crippen LogP contribution in [0.5, 0.6) is 0 Å². The van der Waals surface area contributed by atoms with E-state index in [0.717, 1.165) is 25.7 Å². The third-order valence-corrected chi connectivity index (χ3v) is 5.96. The van der Waals surface area contributed by atoms with Crippen molar-refractivity contribution in [2.24, 2.45) is 0 Å². The molecule has 0 bridgehead atoms. The second kappa shape index (κ2) is 406. The van der Waals surface area contributed by atoms with Gasteiger partial charge in [-0.2, -0.15) is 39.1 Å². The summed E-state index contributed by atoms with van der Waals surface area (Å²) in [6.07, 6.45) is 23.7. The van der Waals surface area contributed by atoms with Gasteiger partial charge in [-0.05, 0) is 0 Å². The Hall–Kier alpha value is 39.1. The molecule has 1 aromatic rings. The molecule has 0 aliphatic carbocycles. The fraction of sp³-hybridized carbons (Fsp3) is 0.590.